The van der Waals surface area contributed by atoms with Crippen molar-refractivity contribution in [3.8, 4) is 0 Å². The number of nitrogens with zero attached hydrogens (tertiary/aromatic N) is 2. The van der Waals surface area contributed by atoms with Crippen LogP contribution in [0.25, 0.3) is 0 Å². The standard InChI is InChI=1S/C12H17N3O/c1-4-13-7-10-8-14-12(15-11(1)10)9-2-5-16-6-3-9/h8-9,13H,1-7H2. The highest BCUT2D eigenvalue weighted by atomic mass is 16.5. The lowest BCUT2D eigenvalue weighted by atomic mass is 9.98. The molecule has 1 saturated heterocycles. The minimum absolute atomic E-state index is 0.508. The Morgan fingerprint density at radius 2 is 2.19 bits per heavy atom. The van der Waals surface area contributed by atoms with Crippen molar-refractivity contribution in [2.45, 2.75) is 31.7 Å². The average Bonchev–Trinajstić information content (AvgIpc) is 2.39. The van der Waals surface area contributed by atoms with Gasteiger partial charge < -0.3 is 10.1 Å². The second kappa shape index (κ2) is 4.47. The van der Waals surface area contributed by atoms with Gasteiger partial charge in [0.2, 0.25) is 0 Å². The molecule has 1 N–H and O–H groups in total. The van der Waals surface area contributed by atoms with Crippen LogP contribution >= 0.6 is 0 Å². The fraction of sp³-hybridized carbons (Fsp3) is 0.667. The van der Waals surface area contributed by atoms with E-state index in [0.717, 1.165) is 51.4 Å². The van der Waals surface area contributed by atoms with Gasteiger partial charge in [0.05, 0.1) is 0 Å². The molecule has 4 heteroatoms. The molecule has 16 heavy (non-hydrogen) atoms. The van der Waals surface area contributed by atoms with E-state index in [1.807, 2.05) is 6.20 Å². The second-order valence-corrected chi connectivity index (χ2v) is 4.51. The van der Waals surface area contributed by atoms with Crippen LogP contribution in [0.4, 0.5) is 0 Å². The molecular weight excluding hydrogens is 202 g/mol. The third-order valence-electron chi connectivity index (χ3n) is 3.41. The molecule has 1 fully saturated rings. The maximum atomic E-state index is 5.37. The zero-order valence-corrected chi connectivity index (χ0v) is 9.41. The van der Waals surface area contributed by atoms with E-state index in [9.17, 15) is 0 Å². The van der Waals surface area contributed by atoms with Gasteiger partial charge in [-0.3, -0.25) is 0 Å². The first-order chi connectivity index (χ1) is 7.93. The topological polar surface area (TPSA) is 47.0 Å². The Hall–Kier alpha value is -1.00. The highest BCUT2D eigenvalue weighted by Crippen LogP contribution is 2.24. The summed E-state index contributed by atoms with van der Waals surface area (Å²) in [5, 5.41) is 3.34. The predicted octanol–water partition coefficient (Wildman–Crippen LogP) is 1.02. The summed E-state index contributed by atoms with van der Waals surface area (Å²) in [6, 6.07) is 0. The van der Waals surface area contributed by atoms with Crippen LogP contribution in [-0.2, 0) is 17.7 Å². The molecule has 2 aliphatic rings. The Morgan fingerprint density at radius 3 is 3.06 bits per heavy atom. The van der Waals surface area contributed by atoms with Crippen LogP contribution in [0.3, 0.4) is 0 Å². The first-order valence-electron chi connectivity index (χ1n) is 6.06. The summed E-state index contributed by atoms with van der Waals surface area (Å²) in [6.45, 7) is 3.67. The third-order valence-corrected chi connectivity index (χ3v) is 3.41. The molecule has 0 radical (unpaired) electrons. The van der Waals surface area contributed by atoms with Crippen molar-refractivity contribution in [2.75, 3.05) is 19.8 Å². The minimum Gasteiger partial charge on any atom is -0.381 e. The Balaban J connectivity index is 1.84. The van der Waals surface area contributed by atoms with Gasteiger partial charge in [0.1, 0.15) is 5.82 Å². The number of aromatic nitrogens is 2. The van der Waals surface area contributed by atoms with Crippen LogP contribution in [0.2, 0.25) is 0 Å². The van der Waals surface area contributed by atoms with Gasteiger partial charge in [-0.15, -0.1) is 0 Å². The molecule has 0 bridgehead atoms. The second-order valence-electron chi connectivity index (χ2n) is 4.51. The zero-order valence-electron chi connectivity index (χ0n) is 9.41. The van der Waals surface area contributed by atoms with Gasteiger partial charge in [0.15, 0.2) is 0 Å². The average molecular weight is 219 g/mol. The van der Waals surface area contributed by atoms with Crippen molar-refractivity contribution in [3.63, 3.8) is 0 Å². The van der Waals surface area contributed by atoms with E-state index >= 15 is 0 Å². The molecule has 1 aromatic rings. The van der Waals surface area contributed by atoms with E-state index in [-0.39, 0.29) is 0 Å². The number of fused-ring (bicyclic) bond motifs is 1. The van der Waals surface area contributed by atoms with Crippen LogP contribution in [-0.4, -0.2) is 29.7 Å². The fourth-order valence-electron chi connectivity index (χ4n) is 2.40. The van der Waals surface area contributed by atoms with Crippen molar-refractivity contribution in [1.82, 2.24) is 15.3 Å². The molecule has 1 aromatic heterocycles. The van der Waals surface area contributed by atoms with Gasteiger partial charge in [0.25, 0.3) is 0 Å². The van der Waals surface area contributed by atoms with Gasteiger partial charge >= 0.3 is 0 Å². The lowest BCUT2D eigenvalue weighted by Gasteiger charge is -2.22. The monoisotopic (exact) mass is 219 g/mol. The van der Waals surface area contributed by atoms with Gasteiger partial charge in [0, 0.05) is 56.1 Å². The van der Waals surface area contributed by atoms with E-state index in [1.165, 1.54) is 11.3 Å². The zero-order chi connectivity index (χ0) is 10.8. The number of ether oxygens (including phenoxy) is 1. The summed E-state index contributed by atoms with van der Waals surface area (Å²) in [6.07, 6.45) is 5.17. The van der Waals surface area contributed by atoms with E-state index in [4.69, 9.17) is 9.72 Å². The highest BCUT2D eigenvalue weighted by molar-refractivity contribution is 5.21. The van der Waals surface area contributed by atoms with Crippen LogP contribution in [0.1, 0.15) is 35.8 Å². The van der Waals surface area contributed by atoms with Gasteiger partial charge in [-0.05, 0) is 12.8 Å². The van der Waals surface area contributed by atoms with E-state index in [0.29, 0.717) is 5.92 Å². The molecule has 0 unspecified atom stereocenters. The SMILES string of the molecule is c1nc(C2CCOCC2)nc2c1CNCC2. The van der Waals surface area contributed by atoms with Gasteiger partial charge in [-0.25, -0.2) is 9.97 Å². The third kappa shape index (κ3) is 1.95. The van der Waals surface area contributed by atoms with Crippen molar-refractivity contribution in [2.24, 2.45) is 0 Å². The smallest absolute Gasteiger partial charge is 0.131 e. The Bertz CT molecular complexity index is 375. The van der Waals surface area contributed by atoms with E-state index in [2.05, 4.69) is 10.3 Å². The largest absolute Gasteiger partial charge is 0.381 e. The molecule has 0 atom stereocenters. The molecule has 0 amide bonds. The molecule has 0 aromatic carbocycles. The molecule has 0 aliphatic carbocycles. The molecule has 2 aliphatic heterocycles. The molecular formula is C12H17N3O. The van der Waals surface area contributed by atoms with Crippen molar-refractivity contribution in [1.29, 1.82) is 0 Å². The fourth-order valence-corrected chi connectivity index (χ4v) is 2.40. The first kappa shape index (κ1) is 10.2. The van der Waals surface area contributed by atoms with Crippen molar-refractivity contribution in [3.05, 3.63) is 23.3 Å². The maximum Gasteiger partial charge on any atom is 0.131 e. The lowest BCUT2D eigenvalue weighted by molar-refractivity contribution is 0.0835. The van der Waals surface area contributed by atoms with Crippen LogP contribution < -0.4 is 5.32 Å². The van der Waals surface area contributed by atoms with Crippen molar-refractivity contribution < 1.29 is 4.74 Å². The Morgan fingerprint density at radius 1 is 1.31 bits per heavy atom. The van der Waals surface area contributed by atoms with Crippen LogP contribution in [0.15, 0.2) is 6.20 Å². The van der Waals surface area contributed by atoms with Crippen molar-refractivity contribution >= 4 is 0 Å². The lowest BCUT2D eigenvalue weighted by Crippen LogP contribution is -2.26. The molecule has 3 rings (SSSR count). The normalized spacial score (nSPS) is 21.8. The molecule has 0 saturated carbocycles. The Labute approximate surface area is 95.4 Å². The predicted molar refractivity (Wildman–Crippen MR) is 60.2 cm³/mol. The maximum absolute atomic E-state index is 5.37. The summed E-state index contributed by atoms with van der Waals surface area (Å²) < 4.78 is 5.37. The van der Waals surface area contributed by atoms with Crippen LogP contribution in [0, 0.1) is 0 Å². The minimum atomic E-state index is 0.508. The quantitative estimate of drug-likeness (QED) is 0.766. The number of hydrogen-bond acceptors (Lipinski definition) is 4. The summed E-state index contributed by atoms with van der Waals surface area (Å²) in [7, 11) is 0. The number of hydrogen-bond donors (Lipinski definition) is 1. The number of nitrogens with one attached hydrogen (secondary N) is 1. The molecule has 3 heterocycles. The molecule has 0 spiro atoms. The molecule has 4 nitrogen and oxygen atoms in total. The first-order valence-corrected chi connectivity index (χ1v) is 6.06. The van der Waals surface area contributed by atoms with Gasteiger partial charge in [-0.2, -0.15) is 0 Å². The highest BCUT2D eigenvalue weighted by Gasteiger charge is 2.20. The van der Waals surface area contributed by atoms with Gasteiger partial charge in [-0.1, -0.05) is 0 Å². The van der Waals surface area contributed by atoms with Crippen LogP contribution in [0.5, 0.6) is 0 Å². The summed E-state index contributed by atoms with van der Waals surface area (Å²) >= 11 is 0. The summed E-state index contributed by atoms with van der Waals surface area (Å²) in [5.41, 5.74) is 2.51. The number of rotatable bonds is 1. The molecule has 86 valence electrons. The Kier molecular flexibility index (Phi) is 2.84. The van der Waals surface area contributed by atoms with E-state index in [1.54, 1.807) is 0 Å². The summed E-state index contributed by atoms with van der Waals surface area (Å²) in [4.78, 5) is 9.24. The van der Waals surface area contributed by atoms with E-state index < -0.39 is 0 Å². The summed E-state index contributed by atoms with van der Waals surface area (Å²) in [5.74, 6) is 1.54.